The molecule has 0 amide bonds. The summed E-state index contributed by atoms with van der Waals surface area (Å²) >= 11 is 5.23. The van der Waals surface area contributed by atoms with Crippen LogP contribution in [0.2, 0.25) is 0 Å². The van der Waals surface area contributed by atoms with E-state index in [-0.39, 0.29) is 0 Å². The van der Waals surface area contributed by atoms with E-state index in [0.29, 0.717) is 6.10 Å². The third-order valence-electron chi connectivity index (χ3n) is 2.08. The van der Waals surface area contributed by atoms with Gasteiger partial charge in [-0.05, 0) is 31.2 Å². The molecule has 0 radical (unpaired) electrons. The largest absolute Gasteiger partial charge is 0.378 e. The molecule has 1 unspecified atom stereocenters. The van der Waals surface area contributed by atoms with E-state index in [1.165, 1.54) is 11.3 Å². The highest BCUT2D eigenvalue weighted by molar-refractivity contribution is 9.09. The summed E-state index contributed by atoms with van der Waals surface area (Å²) in [7, 11) is 0. The van der Waals surface area contributed by atoms with Crippen molar-refractivity contribution < 1.29 is 4.74 Å². The standard InChI is InChI=1S/C11H17BrOS/c1-10(4-2-7-12)13-8-6-11-5-3-9-14-11/h3,5,9-10H,2,4,6-8H2,1H3. The van der Waals surface area contributed by atoms with Crippen LogP contribution in [0.3, 0.4) is 0 Å². The predicted octanol–water partition coefficient (Wildman–Crippen LogP) is 3.87. The lowest BCUT2D eigenvalue weighted by Gasteiger charge is -2.11. The van der Waals surface area contributed by atoms with Gasteiger partial charge in [0.1, 0.15) is 0 Å². The monoisotopic (exact) mass is 276 g/mol. The van der Waals surface area contributed by atoms with Crippen LogP contribution in [-0.4, -0.2) is 18.0 Å². The lowest BCUT2D eigenvalue weighted by molar-refractivity contribution is 0.0626. The Balaban J connectivity index is 2.03. The number of alkyl halides is 1. The molecule has 80 valence electrons. The molecule has 1 nitrogen and oxygen atoms in total. The number of thiophene rings is 1. The molecule has 0 fully saturated rings. The lowest BCUT2D eigenvalue weighted by Crippen LogP contribution is -2.10. The molecule has 1 aromatic rings. The van der Waals surface area contributed by atoms with Gasteiger partial charge in [-0.1, -0.05) is 22.0 Å². The second kappa shape index (κ2) is 7.43. The smallest absolute Gasteiger partial charge is 0.0547 e. The van der Waals surface area contributed by atoms with Gasteiger partial charge in [-0.15, -0.1) is 11.3 Å². The highest BCUT2D eigenvalue weighted by Crippen LogP contribution is 2.10. The first-order valence-corrected chi connectivity index (χ1v) is 7.03. The van der Waals surface area contributed by atoms with Crippen LogP contribution in [0.1, 0.15) is 24.6 Å². The van der Waals surface area contributed by atoms with E-state index in [0.717, 1.165) is 24.8 Å². The summed E-state index contributed by atoms with van der Waals surface area (Å²) in [6, 6.07) is 4.26. The Kier molecular flexibility index (Phi) is 6.48. The summed E-state index contributed by atoms with van der Waals surface area (Å²) < 4.78 is 5.70. The highest BCUT2D eigenvalue weighted by Gasteiger charge is 2.01. The van der Waals surface area contributed by atoms with Gasteiger partial charge in [0.15, 0.2) is 0 Å². The molecule has 0 aliphatic heterocycles. The molecule has 14 heavy (non-hydrogen) atoms. The molecule has 1 heterocycles. The summed E-state index contributed by atoms with van der Waals surface area (Å²) in [6.07, 6.45) is 3.79. The zero-order valence-electron chi connectivity index (χ0n) is 8.54. The van der Waals surface area contributed by atoms with Crippen LogP contribution in [-0.2, 0) is 11.2 Å². The molecule has 0 saturated heterocycles. The quantitative estimate of drug-likeness (QED) is 0.687. The van der Waals surface area contributed by atoms with Crippen molar-refractivity contribution in [2.24, 2.45) is 0 Å². The van der Waals surface area contributed by atoms with Crippen molar-refractivity contribution in [3.63, 3.8) is 0 Å². The minimum atomic E-state index is 0.396. The average Bonchev–Trinajstić information content (AvgIpc) is 2.67. The molecule has 0 bridgehead atoms. The van der Waals surface area contributed by atoms with Gasteiger partial charge in [-0.25, -0.2) is 0 Å². The fourth-order valence-electron chi connectivity index (χ4n) is 1.26. The lowest BCUT2D eigenvalue weighted by atomic mass is 10.2. The summed E-state index contributed by atoms with van der Waals surface area (Å²) in [6.45, 7) is 3.00. The van der Waals surface area contributed by atoms with E-state index < -0.39 is 0 Å². The molecule has 0 spiro atoms. The van der Waals surface area contributed by atoms with Crippen LogP contribution in [0.5, 0.6) is 0 Å². The second-order valence-electron chi connectivity index (χ2n) is 3.34. The minimum Gasteiger partial charge on any atom is -0.378 e. The Labute approximate surface area is 98.6 Å². The van der Waals surface area contributed by atoms with Crippen molar-refractivity contribution in [3.05, 3.63) is 22.4 Å². The van der Waals surface area contributed by atoms with Crippen LogP contribution >= 0.6 is 27.3 Å². The summed E-state index contributed by atoms with van der Waals surface area (Å²) in [5.74, 6) is 0. The molecule has 1 aromatic heterocycles. The molecule has 3 heteroatoms. The van der Waals surface area contributed by atoms with Gasteiger partial charge in [0, 0.05) is 16.6 Å². The van der Waals surface area contributed by atoms with Crippen molar-refractivity contribution in [2.75, 3.05) is 11.9 Å². The van der Waals surface area contributed by atoms with Crippen LogP contribution in [0.15, 0.2) is 17.5 Å². The van der Waals surface area contributed by atoms with E-state index in [9.17, 15) is 0 Å². The minimum absolute atomic E-state index is 0.396. The van der Waals surface area contributed by atoms with Gasteiger partial charge in [-0.2, -0.15) is 0 Å². The zero-order valence-corrected chi connectivity index (χ0v) is 10.9. The van der Waals surface area contributed by atoms with E-state index in [4.69, 9.17) is 4.74 Å². The molecule has 0 N–H and O–H groups in total. The van der Waals surface area contributed by atoms with Gasteiger partial charge >= 0.3 is 0 Å². The van der Waals surface area contributed by atoms with Crippen molar-refractivity contribution in [2.45, 2.75) is 32.3 Å². The Morgan fingerprint density at radius 3 is 3.07 bits per heavy atom. The van der Waals surface area contributed by atoms with Crippen LogP contribution < -0.4 is 0 Å². The fraction of sp³-hybridized carbons (Fsp3) is 0.636. The average molecular weight is 277 g/mol. The Morgan fingerprint density at radius 1 is 1.57 bits per heavy atom. The number of rotatable bonds is 7. The molecule has 0 aromatic carbocycles. The van der Waals surface area contributed by atoms with Gasteiger partial charge in [0.25, 0.3) is 0 Å². The van der Waals surface area contributed by atoms with Crippen molar-refractivity contribution >= 4 is 27.3 Å². The fourth-order valence-corrected chi connectivity index (χ4v) is 2.28. The molecule has 1 rings (SSSR count). The van der Waals surface area contributed by atoms with E-state index in [2.05, 4.69) is 40.4 Å². The normalized spacial score (nSPS) is 13.0. The molecule has 1 atom stereocenters. The SMILES string of the molecule is CC(CCCBr)OCCc1cccs1. The molecular formula is C11H17BrOS. The first-order valence-electron chi connectivity index (χ1n) is 5.03. The van der Waals surface area contributed by atoms with Crippen LogP contribution in [0.25, 0.3) is 0 Å². The van der Waals surface area contributed by atoms with Crippen molar-refractivity contribution in [3.8, 4) is 0 Å². The highest BCUT2D eigenvalue weighted by atomic mass is 79.9. The van der Waals surface area contributed by atoms with Crippen molar-refractivity contribution in [1.29, 1.82) is 0 Å². The maximum Gasteiger partial charge on any atom is 0.0547 e. The Morgan fingerprint density at radius 2 is 2.43 bits per heavy atom. The number of hydrogen-bond donors (Lipinski definition) is 0. The Bertz CT molecular complexity index is 223. The second-order valence-corrected chi connectivity index (χ2v) is 5.17. The maximum atomic E-state index is 5.70. The number of hydrogen-bond acceptors (Lipinski definition) is 2. The Hall–Kier alpha value is 0.140. The van der Waals surface area contributed by atoms with Crippen LogP contribution in [0, 0.1) is 0 Å². The zero-order chi connectivity index (χ0) is 10.2. The van der Waals surface area contributed by atoms with Gasteiger partial charge in [0.05, 0.1) is 12.7 Å². The third-order valence-corrected chi connectivity index (χ3v) is 3.57. The number of halogens is 1. The van der Waals surface area contributed by atoms with Gasteiger partial charge in [0.2, 0.25) is 0 Å². The summed E-state index contributed by atoms with van der Waals surface area (Å²) in [5, 5.41) is 3.19. The summed E-state index contributed by atoms with van der Waals surface area (Å²) in [5.41, 5.74) is 0. The van der Waals surface area contributed by atoms with E-state index in [1.807, 2.05) is 0 Å². The predicted molar refractivity (Wildman–Crippen MR) is 66.5 cm³/mol. The molecule has 0 saturated carbocycles. The number of ether oxygens (including phenoxy) is 1. The van der Waals surface area contributed by atoms with E-state index in [1.54, 1.807) is 11.3 Å². The first kappa shape index (κ1) is 12.2. The van der Waals surface area contributed by atoms with Crippen molar-refractivity contribution in [1.82, 2.24) is 0 Å². The first-order chi connectivity index (χ1) is 6.83. The van der Waals surface area contributed by atoms with Gasteiger partial charge in [-0.3, -0.25) is 0 Å². The van der Waals surface area contributed by atoms with Crippen LogP contribution in [0.4, 0.5) is 0 Å². The molecular weight excluding hydrogens is 260 g/mol. The molecule has 0 aliphatic rings. The maximum absolute atomic E-state index is 5.70. The molecule has 0 aliphatic carbocycles. The van der Waals surface area contributed by atoms with Gasteiger partial charge < -0.3 is 4.74 Å². The third kappa shape index (κ3) is 5.13. The van der Waals surface area contributed by atoms with E-state index >= 15 is 0 Å². The summed E-state index contributed by atoms with van der Waals surface area (Å²) in [4.78, 5) is 1.41. The topological polar surface area (TPSA) is 9.23 Å².